The molecule has 0 aliphatic carbocycles. The van der Waals surface area contributed by atoms with Gasteiger partial charge >= 0.3 is 0 Å². The quantitative estimate of drug-likeness (QED) is 0.546. The second kappa shape index (κ2) is 8.88. The number of benzene rings is 1. The van der Waals surface area contributed by atoms with Gasteiger partial charge in [-0.05, 0) is 19.3 Å². The van der Waals surface area contributed by atoms with Gasteiger partial charge in [-0.1, -0.05) is 57.4 Å². The van der Waals surface area contributed by atoms with E-state index in [1.165, 1.54) is 19.8 Å². The summed E-state index contributed by atoms with van der Waals surface area (Å²) in [6, 6.07) is 6.93. The third kappa shape index (κ3) is 5.43. The molecule has 2 unspecified atom stereocenters. The van der Waals surface area contributed by atoms with E-state index in [0.717, 1.165) is 12.8 Å². The zero-order valence-corrected chi connectivity index (χ0v) is 12.8. The number of unbranched alkanes of at least 4 members (excludes halogenated alkanes) is 1. The highest BCUT2D eigenvalue weighted by molar-refractivity contribution is 5.93. The van der Waals surface area contributed by atoms with Gasteiger partial charge in [0.1, 0.15) is 0 Å². The Balaban J connectivity index is 2.48. The highest BCUT2D eigenvalue weighted by atomic mass is 16.6. The van der Waals surface area contributed by atoms with Crippen molar-refractivity contribution in [1.29, 1.82) is 0 Å². The lowest BCUT2D eigenvalue weighted by Crippen LogP contribution is -2.13. The molecule has 2 atom stereocenters. The van der Waals surface area contributed by atoms with Gasteiger partial charge in [-0.3, -0.25) is 4.79 Å². The smallest absolute Gasteiger partial charge is 0.181 e. The second-order valence-corrected chi connectivity index (χ2v) is 5.28. The molecule has 112 valence electrons. The SMILES string of the molecule is CCCCC(CC)COC(O)c1ccc(C(C)=O)cc1. The second-order valence-electron chi connectivity index (χ2n) is 5.28. The Hall–Kier alpha value is -1.19. The van der Waals surface area contributed by atoms with Crippen LogP contribution in [0.1, 0.15) is 68.7 Å². The molecule has 3 nitrogen and oxygen atoms in total. The molecule has 0 bridgehead atoms. The molecule has 0 amide bonds. The molecule has 0 heterocycles. The van der Waals surface area contributed by atoms with Gasteiger partial charge in [0.25, 0.3) is 0 Å². The molecule has 0 spiro atoms. The van der Waals surface area contributed by atoms with E-state index in [1.807, 2.05) is 0 Å². The number of hydrogen-bond acceptors (Lipinski definition) is 3. The Morgan fingerprint density at radius 3 is 2.40 bits per heavy atom. The van der Waals surface area contributed by atoms with Crippen LogP contribution >= 0.6 is 0 Å². The summed E-state index contributed by atoms with van der Waals surface area (Å²) in [6.07, 6.45) is 3.68. The van der Waals surface area contributed by atoms with E-state index < -0.39 is 6.29 Å². The van der Waals surface area contributed by atoms with Crippen molar-refractivity contribution in [1.82, 2.24) is 0 Å². The first kappa shape index (κ1) is 16.9. The molecule has 1 N–H and O–H groups in total. The summed E-state index contributed by atoms with van der Waals surface area (Å²) in [6.45, 7) is 6.43. The van der Waals surface area contributed by atoms with Crippen LogP contribution in [0.25, 0.3) is 0 Å². The van der Waals surface area contributed by atoms with Crippen LogP contribution in [-0.2, 0) is 4.74 Å². The molecule has 1 aromatic rings. The Labute approximate surface area is 122 Å². The van der Waals surface area contributed by atoms with Gasteiger partial charge < -0.3 is 9.84 Å². The summed E-state index contributed by atoms with van der Waals surface area (Å²) in [5.41, 5.74) is 1.34. The van der Waals surface area contributed by atoms with Crippen LogP contribution in [0, 0.1) is 5.92 Å². The molecule has 1 rings (SSSR count). The highest BCUT2D eigenvalue weighted by Gasteiger charge is 2.12. The van der Waals surface area contributed by atoms with Gasteiger partial charge in [0.05, 0.1) is 6.61 Å². The zero-order chi connectivity index (χ0) is 15.0. The monoisotopic (exact) mass is 278 g/mol. The Morgan fingerprint density at radius 1 is 1.25 bits per heavy atom. The van der Waals surface area contributed by atoms with Crippen LogP contribution in [-0.4, -0.2) is 17.5 Å². The van der Waals surface area contributed by atoms with E-state index in [2.05, 4.69) is 13.8 Å². The topological polar surface area (TPSA) is 46.5 Å². The lowest BCUT2D eigenvalue weighted by atomic mass is 10.0. The fourth-order valence-electron chi connectivity index (χ4n) is 2.10. The van der Waals surface area contributed by atoms with Crippen molar-refractivity contribution < 1.29 is 14.6 Å². The van der Waals surface area contributed by atoms with Crippen LogP contribution in [0.5, 0.6) is 0 Å². The summed E-state index contributed by atoms with van der Waals surface area (Å²) in [4.78, 5) is 11.2. The fraction of sp³-hybridized carbons (Fsp3) is 0.588. The van der Waals surface area contributed by atoms with Gasteiger partial charge in [0, 0.05) is 11.1 Å². The lowest BCUT2D eigenvalue weighted by molar-refractivity contribution is -0.114. The first-order valence-electron chi connectivity index (χ1n) is 7.49. The molecule has 20 heavy (non-hydrogen) atoms. The van der Waals surface area contributed by atoms with Gasteiger partial charge in [-0.25, -0.2) is 0 Å². The van der Waals surface area contributed by atoms with Crippen LogP contribution in [0.3, 0.4) is 0 Å². The summed E-state index contributed by atoms with van der Waals surface area (Å²) in [5.74, 6) is 0.527. The predicted octanol–water partition coefficient (Wildman–Crippen LogP) is 4.11. The van der Waals surface area contributed by atoms with Crippen molar-refractivity contribution >= 4 is 5.78 Å². The number of Topliss-reactive ketones (excluding diaryl/α,β-unsaturated/α-hetero) is 1. The minimum Gasteiger partial charge on any atom is -0.364 e. The molecule has 1 aromatic carbocycles. The number of hydrogen-bond donors (Lipinski definition) is 1. The van der Waals surface area contributed by atoms with Gasteiger partial charge in [0.2, 0.25) is 0 Å². The molecular weight excluding hydrogens is 252 g/mol. The van der Waals surface area contributed by atoms with Crippen LogP contribution in [0.4, 0.5) is 0 Å². The third-order valence-electron chi connectivity index (χ3n) is 3.64. The molecule has 0 saturated carbocycles. The van der Waals surface area contributed by atoms with Gasteiger partial charge in [0.15, 0.2) is 12.1 Å². The van der Waals surface area contributed by atoms with Crippen molar-refractivity contribution in [2.45, 2.75) is 52.7 Å². The van der Waals surface area contributed by atoms with Crippen LogP contribution < -0.4 is 0 Å². The van der Waals surface area contributed by atoms with E-state index in [1.54, 1.807) is 24.3 Å². The average molecular weight is 278 g/mol. The number of rotatable bonds is 9. The van der Waals surface area contributed by atoms with Crippen LogP contribution in [0.15, 0.2) is 24.3 Å². The van der Waals surface area contributed by atoms with Crippen molar-refractivity contribution in [3.63, 3.8) is 0 Å². The fourth-order valence-corrected chi connectivity index (χ4v) is 2.10. The van der Waals surface area contributed by atoms with Crippen molar-refractivity contribution in [2.24, 2.45) is 5.92 Å². The Bertz CT molecular complexity index is 397. The summed E-state index contributed by atoms with van der Waals surface area (Å²) >= 11 is 0. The molecule has 3 heteroatoms. The molecule has 0 saturated heterocycles. The standard InChI is InChI=1S/C17H26O3/c1-4-6-7-14(5-2)12-20-17(19)16-10-8-15(9-11-16)13(3)18/h8-11,14,17,19H,4-7,12H2,1-3H3. The maximum atomic E-state index is 11.2. The van der Waals surface area contributed by atoms with E-state index in [4.69, 9.17) is 4.74 Å². The van der Waals surface area contributed by atoms with Gasteiger partial charge in [-0.15, -0.1) is 0 Å². The number of carbonyl (C=O) groups excluding carboxylic acids is 1. The summed E-state index contributed by atoms with van der Waals surface area (Å²) in [7, 11) is 0. The maximum Gasteiger partial charge on any atom is 0.181 e. The van der Waals surface area contributed by atoms with E-state index >= 15 is 0 Å². The van der Waals surface area contributed by atoms with Crippen molar-refractivity contribution in [3.8, 4) is 0 Å². The summed E-state index contributed by atoms with van der Waals surface area (Å²) < 4.78 is 5.55. The van der Waals surface area contributed by atoms with Crippen molar-refractivity contribution in [3.05, 3.63) is 35.4 Å². The molecule has 0 aliphatic heterocycles. The van der Waals surface area contributed by atoms with Crippen LogP contribution in [0.2, 0.25) is 0 Å². The highest BCUT2D eigenvalue weighted by Crippen LogP contribution is 2.19. The minimum atomic E-state index is -0.910. The number of aliphatic hydroxyl groups is 1. The number of carbonyl (C=O) groups is 1. The molecule has 0 aromatic heterocycles. The summed E-state index contributed by atoms with van der Waals surface area (Å²) in [5, 5.41) is 10.0. The number of ketones is 1. The third-order valence-corrected chi connectivity index (χ3v) is 3.64. The Morgan fingerprint density at radius 2 is 1.90 bits per heavy atom. The zero-order valence-electron chi connectivity index (χ0n) is 12.8. The predicted molar refractivity (Wildman–Crippen MR) is 80.7 cm³/mol. The Kier molecular flexibility index (Phi) is 7.48. The van der Waals surface area contributed by atoms with Crippen molar-refractivity contribution in [2.75, 3.05) is 6.61 Å². The average Bonchev–Trinajstić information content (AvgIpc) is 2.47. The first-order chi connectivity index (χ1) is 9.58. The molecule has 0 fully saturated rings. The molecule has 0 aliphatic rings. The normalized spacial score (nSPS) is 14.0. The minimum absolute atomic E-state index is 0.0255. The van der Waals surface area contributed by atoms with E-state index in [-0.39, 0.29) is 5.78 Å². The molecular formula is C17H26O3. The van der Waals surface area contributed by atoms with E-state index in [9.17, 15) is 9.90 Å². The number of aliphatic hydroxyl groups excluding tert-OH is 1. The van der Waals surface area contributed by atoms with E-state index in [0.29, 0.717) is 23.7 Å². The molecule has 0 radical (unpaired) electrons. The lowest BCUT2D eigenvalue weighted by Gasteiger charge is -2.18. The van der Waals surface area contributed by atoms with Gasteiger partial charge in [-0.2, -0.15) is 0 Å². The maximum absolute atomic E-state index is 11.2. The largest absolute Gasteiger partial charge is 0.364 e. The first-order valence-corrected chi connectivity index (χ1v) is 7.49. The number of ether oxygens (including phenoxy) is 1.